The lowest BCUT2D eigenvalue weighted by molar-refractivity contribution is 0.268. The first-order chi connectivity index (χ1) is 15.5. The minimum atomic E-state index is -0.603. The van der Waals surface area contributed by atoms with Gasteiger partial charge in [-0.25, -0.2) is 0 Å². The van der Waals surface area contributed by atoms with Crippen LogP contribution >= 0.6 is 23.2 Å². The molecule has 0 saturated heterocycles. The molecule has 0 aliphatic carbocycles. The molecule has 0 spiro atoms. The van der Waals surface area contributed by atoms with Crippen LogP contribution in [0.4, 0.5) is 0 Å². The third-order valence-corrected chi connectivity index (χ3v) is 7.33. The maximum atomic E-state index is 6.20. The van der Waals surface area contributed by atoms with Crippen LogP contribution in [0.5, 0.6) is 5.75 Å². The number of ether oxygens (including phenoxy) is 1. The Hall–Kier alpha value is -2.49. The van der Waals surface area contributed by atoms with Crippen LogP contribution in [0.2, 0.25) is 10.0 Å². The Morgan fingerprint density at radius 2 is 1.36 bits per heavy atom. The molecule has 4 rings (SSSR count). The molecule has 172 valence electrons. The summed E-state index contributed by atoms with van der Waals surface area (Å²) >= 11 is 12.4. The summed E-state index contributed by atoms with van der Waals surface area (Å²) in [7, 11) is 1.71. The Labute approximate surface area is 206 Å². The molecular weight excluding hydrogens is 451 g/mol. The van der Waals surface area contributed by atoms with Gasteiger partial charge in [0.25, 0.3) is 0 Å². The van der Waals surface area contributed by atoms with Crippen LogP contribution in [-0.4, -0.2) is 12.9 Å². The van der Waals surface area contributed by atoms with Crippen molar-refractivity contribution in [1.29, 1.82) is 0 Å². The molecule has 0 amide bonds. The number of benzene rings is 3. The Morgan fingerprint density at radius 3 is 1.88 bits per heavy atom. The molecule has 2 atom stereocenters. The van der Waals surface area contributed by atoms with Gasteiger partial charge >= 0.3 is 0 Å². The second-order valence-corrected chi connectivity index (χ2v) is 10.8. The zero-order valence-electron chi connectivity index (χ0n) is 20.0. The van der Waals surface area contributed by atoms with Gasteiger partial charge in [0.15, 0.2) is 0 Å². The topological polar surface area (TPSA) is 33.6 Å². The van der Waals surface area contributed by atoms with Crippen molar-refractivity contribution in [2.24, 2.45) is 4.99 Å². The minimum Gasteiger partial charge on any atom is -0.496 e. The van der Waals surface area contributed by atoms with Crippen LogP contribution in [-0.2, 0) is 16.5 Å². The van der Waals surface area contributed by atoms with E-state index in [-0.39, 0.29) is 5.41 Å². The predicted octanol–water partition coefficient (Wildman–Crippen LogP) is 7.48. The zero-order valence-corrected chi connectivity index (χ0v) is 21.5. The van der Waals surface area contributed by atoms with Gasteiger partial charge in [-0.15, -0.1) is 0 Å². The average Bonchev–Trinajstić information content (AvgIpc) is 3.06. The zero-order chi connectivity index (χ0) is 24.0. The molecule has 1 heterocycles. The third-order valence-electron chi connectivity index (χ3n) is 6.83. The van der Waals surface area contributed by atoms with E-state index in [1.807, 2.05) is 36.4 Å². The van der Waals surface area contributed by atoms with Gasteiger partial charge in [0, 0.05) is 10.0 Å². The van der Waals surface area contributed by atoms with Crippen molar-refractivity contribution in [2.45, 2.75) is 51.1 Å². The Kier molecular flexibility index (Phi) is 6.01. The van der Waals surface area contributed by atoms with E-state index in [1.54, 1.807) is 7.11 Å². The van der Waals surface area contributed by atoms with Crippen LogP contribution in [0.25, 0.3) is 0 Å². The van der Waals surface area contributed by atoms with Crippen molar-refractivity contribution >= 4 is 29.0 Å². The molecule has 1 aliphatic heterocycles. The molecule has 3 aromatic rings. The fraction of sp³-hybridized carbons (Fsp3) is 0.321. The van der Waals surface area contributed by atoms with E-state index in [2.05, 4.69) is 70.3 Å². The van der Waals surface area contributed by atoms with E-state index < -0.39 is 11.1 Å². The van der Waals surface area contributed by atoms with Crippen molar-refractivity contribution in [3.05, 3.63) is 99.0 Å². The molecule has 0 fully saturated rings. The van der Waals surface area contributed by atoms with Crippen LogP contribution in [0, 0.1) is 0 Å². The van der Waals surface area contributed by atoms with Crippen molar-refractivity contribution in [3.8, 4) is 5.75 Å². The number of nitrogens with zero attached hydrogens (tertiary/aromatic N) is 1. The summed E-state index contributed by atoms with van der Waals surface area (Å²) < 4.78 is 5.82. The van der Waals surface area contributed by atoms with Crippen LogP contribution in [0.15, 0.2) is 71.7 Å². The molecule has 3 aromatic carbocycles. The normalized spacial score (nSPS) is 22.6. The second-order valence-electron chi connectivity index (χ2n) is 9.96. The number of methoxy groups -OCH3 is 1. The van der Waals surface area contributed by atoms with Crippen molar-refractivity contribution in [3.63, 3.8) is 0 Å². The van der Waals surface area contributed by atoms with E-state index in [0.29, 0.717) is 10.0 Å². The van der Waals surface area contributed by atoms with Crippen molar-refractivity contribution in [1.82, 2.24) is 5.32 Å². The van der Waals surface area contributed by atoms with Gasteiger partial charge in [0.2, 0.25) is 0 Å². The van der Waals surface area contributed by atoms with Gasteiger partial charge < -0.3 is 10.1 Å². The van der Waals surface area contributed by atoms with Crippen LogP contribution < -0.4 is 10.1 Å². The van der Waals surface area contributed by atoms with E-state index in [0.717, 1.165) is 28.3 Å². The molecule has 0 saturated carbocycles. The molecular formula is C28H30Cl2N2O. The first kappa shape index (κ1) is 23.7. The van der Waals surface area contributed by atoms with Gasteiger partial charge in [-0.3, -0.25) is 4.99 Å². The van der Waals surface area contributed by atoms with Crippen molar-refractivity contribution < 1.29 is 4.74 Å². The lowest BCUT2D eigenvalue weighted by Crippen LogP contribution is -2.50. The maximum Gasteiger partial charge on any atom is 0.133 e. The maximum absolute atomic E-state index is 6.20. The molecule has 0 aromatic heterocycles. The number of halogens is 2. The number of rotatable bonds is 4. The van der Waals surface area contributed by atoms with Gasteiger partial charge in [0.05, 0.1) is 18.2 Å². The van der Waals surface area contributed by atoms with Gasteiger partial charge in [-0.1, -0.05) is 74.3 Å². The number of nitrogens with one attached hydrogen (secondary N) is 1. The predicted molar refractivity (Wildman–Crippen MR) is 139 cm³/mol. The van der Waals surface area contributed by atoms with E-state index >= 15 is 0 Å². The fourth-order valence-corrected chi connectivity index (χ4v) is 4.72. The summed E-state index contributed by atoms with van der Waals surface area (Å²) in [5.74, 6) is 1.59. The Morgan fingerprint density at radius 1 is 0.818 bits per heavy atom. The first-order valence-corrected chi connectivity index (χ1v) is 11.8. The van der Waals surface area contributed by atoms with Crippen LogP contribution in [0.3, 0.4) is 0 Å². The highest BCUT2D eigenvalue weighted by molar-refractivity contribution is 6.30. The molecule has 3 nitrogen and oxygen atoms in total. The second kappa shape index (κ2) is 8.38. The average molecular weight is 481 g/mol. The molecule has 0 bridgehead atoms. The number of aliphatic imine (C=N–C) groups is 1. The van der Waals surface area contributed by atoms with Gasteiger partial charge in [-0.05, 0) is 72.4 Å². The van der Waals surface area contributed by atoms with Crippen LogP contribution in [0.1, 0.15) is 56.9 Å². The number of hydrogen-bond acceptors (Lipinski definition) is 3. The van der Waals surface area contributed by atoms with E-state index in [9.17, 15) is 0 Å². The number of hydrogen-bond donors (Lipinski definition) is 1. The molecule has 1 N–H and O–H groups in total. The smallest absolute Gasteiger partial charge is 0.133 e. The molecule has 2 unspecified atom stereocenters. The quantitative estimate of drug-likeness (QED) is 0.419. The van der Waals surface area contributed by atoms with Crippen molar-refractivity contribution in [2.75, 3.05) is 7.11 Å². The highest BCUT2D eigenvalue weighted by Gasteiger charge is 2.52. The lowest BCUT2D eigenvalue weighted by Gasteiger charge is -2.40. The van der Waals surface area contributed by atoms with E-state index in [1.165, 1.54) is 5.56 Å². The lowest BCUT2D eigenvalue weighted by atomic mass is 9.72. The van der Waals surface area contributed by atoms with Gasteiger partial charge in [0.1, 0.15) is 17.1 Å². The summed E-state index contributed by atoms with van der Waals surface area (Å²) in [4.78, 5) is 5.29. The number of amidine groups is 1. The highest BCUT2D eigenvalue weighted by Crippen LogP contribution is 2.48. The molecule has 33 heavy (non-hydrogen) atoms. The summed E-state index contributed by atoms with van der Waals surface area (Å²) in [5.41, 5.74) is 3.19. The monoisotopic (exact) mass is 480 g/mol. The largest absolute Gasteiger partial charge is 0.496 e. The SMILES string of the molecule is COc1cc(C(C)(C)C)ccc1C1=NC(C)(c2ccc(Cl)cc2)C(C)(c2ccc(Cl)cc2)N1. The summed E-state index contributed by atoms with van der Waals surface area (Å²) in [6.07, 6.45) is 0. The fourth-order valence-electron chi connectivity index (χ4n) is 4.47. The van der Waals surface area contributed by atoms with Gasteiger partial charge in [-0.2, -0.15) is 0 Å². The Balaban J connectivity index is 1.89. The third kappa shape index (κ3) is 4.13. The summed E-state index contributed by atoms with van der Waals surface area (Å²) in [6, 6.07) is 22.2. The summed E-state index contributed by atoms with van der Waals surface area (Å²) in [6.45, 7) is 10.9. The first-order valence-electron chi connectivity index (χ1n) is 11.1. The molecule has 0 radical (unpaired) electrons. The standard InChI is InChI=1S/C28H30Cl2N2O/c1-26(2,3)20-11-16-23(24(17-20)33-6)25-31-27(4,18-7-12-21(29)13-8-18)28(5,32-25)19-9-14-22(30)15-10-19/h7-17H,1-6H3,(H,31,32). The highest BCUT2D eigenvalue weighted by atomic mass is 35.5. The molecule has 5 heteroatoms. The Bertz CT molecular complexity index is 1200. The summed E-state index contributed by atoms with van der Waals surface area (Å²) in [5, 5.41) is 5.15. The van der Waals surface area contributed by atoms with E-state index in [4.69, 9.17) is 32.9 Å². The minimum absolute atomic E-state index is 0.0202. The molecule has 1 aliphatic rings.